The van der Waals surface area contributed by atoms with E-state index in [2.05, 4.69) is 9.97 Å². The normalized spacial score (nSPS) is 11.7. The zero-order valence-electron chi connectivity index (χ0n) is 7.21. The fourth-order valence-electron chi connectivity index (χ4n) is 0.753. The molecule has 0 saturated heterocycles. The van der Waals surface area contributed by atoms with E-state index in [-0.39, 0.29) is 5.41 Å². The van der Waals surface area contributed by atoms with Gasteiger partial charge < -0.3 is 5.73 Å². The molecule has 0 bridgehead atoms. The molecule has 0 atom stereocenters. The van der Waals surface area contributed by atoms with E-state index in [0.29, 0.717) is 11.6 Å². The van der Waals surface area contributed by atoms with E-state index >= 15 is 0 Å². The molecule has 0 saturated carbocycles. The molecule has 0 radical (unpaired) electrons. The minimum Gasteiger partial charge on any atom is -0.329 e. The minimum absolute atomic E-state index is 0.176. The van der Waals surface area contributed by atoms with Gasteiger partial charge in [0.1, 0.15) is 5.82 Å². The van der Waals surface area contributed by atoms with Crippen molar-refractivity contribution in [2.75, 3.05) is 6.54 Å². The van der Waals surface area contributed by atoms with Crippen molar-refractivity contribution in [2.24, 2.45) is 5.73 Å². The van der Waals surface area contributed by atoms with Crippen LogP contribution in [0, 0.1) is 0 Å². The maximum atomic E-state index is 5.65. The summed E-state index contributed by atoms with van der Waals surface area (Å²) < 4.78 is 0. The van der Waals surface area contributed by atoms with Crippen LogP contribution in [0.15, 0.2) is 12.4 Å². The second-order valence-electron chi connectivity index (χ2n) is 3.31. The number of halogens is 1. The summed E-state index contributed by atoms with van der Waals surface area (Å²) in [5.41, 5.74) is 5.39. The largest absolute Gasteiger partial charge is 0.329 e. The van der Waals surface area contributed by atoms with Crippen molar-refractivity contribution in [2.45, 2.75) is 19.3 Å². The summed E-state index contributed by atoms with van der Waals surface area (Å²) in [4.78, 5) is 8.20. The van der Waals surface area contributed by atoms with Gasteiger partial charge in [0.25, 0.3) is 0 Å². The van der Waals surface area contributed by atoms with Crippen molar-refractivity contribution in [1.82, 2.24) is 9.97 Å². The highest BCUT2D eigenvalue weighted by atomic mass is 35.5. The van der Waals surface area contributed by atoms with Gasteiger partial charge in [0.15, 0.2) is 0 Å². The predicted octanol–water partition coefficient (Wildman–Crippen LogP) is 1.37. The molecule has 0 aliphatic heterocycles. The van der Waals surface area contributed by atoms with Crippen LogP contribution in [0.25, 0.3) is 0 Å². The first kappa shape index (κ1) is 9.42. The van der Waals surface area contributed by atoms with E-state index in [1.54, 1.807) is 12.4 Å². The van der Waals surface area contributed by atoms with Crippen LogP contribution in [0.2, 0.25) is 5.02 Å². The molecule has 0 aromatic carbocycles. The Morgan fingerprint density at radius 2 is 1.92 bits per heavy atom. The number of nitrogens with zero attached hydrogens (tertiary/aromatic N) is 2. The molecular weight excluding hydrogens is 174 g/mol. The van der Waals surface area contributed by atoms with E-state index in [4.69, 9.17) is 17.3 Å². The average Bonchev–Trinajstić information content (AvgIpc) is 2.05. The molecule has 2 N–H and O–H groups in total. The molecule has 1 aromatic heterocycles. The zero-order chi connectivity index (χ0) is 9.19. The standard InChI is InChI=1S/C8H12ClN3/c1-8(2,5-10)7-11-3-6(9)4-12-7/h3-4H,5,10H2,1-2H3. The summed E-state index contributed by atoms with van der Waals surface area (Å²) in [5.74, 6) is 0.731. The molecule has 1 aromatic rings. The number of rotatable bonds is 2. The zero-order valence-corrected chi connectivity index (χ0v) is 7.97. The molecule has 0 amide bonds. The predicted molar refractivity (Wildman–Crippen MR) is 49.1 cm³/mol. The maximum absolute atomic E-state index is 5.65. The minimum atomic E-state index is -0.176. The summed E-state index contributed by atoms with van der Waals surface area (Å²) in [6.45, 7) is 4.51. The Labute approximate surface area is 77.0 Å². The van der Waals surface area contributed by atoms with E-state index in [1.165, 1.54) is 0 Å². The van der Waals surface area contributed by atoms with E-state index in [9.17, 15) is 0 Å². The summed E-state index contributed by atoms with van der Waals surface area (Å²) in [7, 11) is 0. The van der Waals surface area contributed by atoms with Gasteiger partial charge in [-0.15, -0.1) is 0 Å². The molecule has 1 heterocycles. The van der Waals surface area contributed by atoms with Gasteiger partial charge in [-0.3, -0.25) is 0 Å². The smallest absolute Gasteiger partial charge is 0.135 e. The Hall–Kier alpha value is -0.670. The second kappa shape index (κ2) is 3.37. The van der Waals surface area contributed by atoms with Gasteiger partial charge in [0.2, 0.25) is 0 Å². The molecule has 3 nitrogen and oxygen atoms in total. The highest BCUT2D eigenvalue weighted by Crippen LogP contribution is 2.17. The van der Waals surface area contributed by atoms with Crippen molar-refractivity contribution >= 4 is 11.6 Å². The lowest BCUT2D eigenvalue weighted by atomic mass is 9.93. The lowest BCUT2D eigenvalue weighted by Gasteiger charge is -2.19. The Kier molecular flexibility index (Phi) is 2.65. The lowest BCUT2D eigenvalue weighted by Crippen LogP contribution is -2.30. The Morgan fingerprint density at radius 3 is 2.33 bits per heavy atom. The van der Waals surface area contributed by atoms with Crippen LogP contribution in [0.1, 0.15) is 19.7 Å². The van der Waals surface area contributed by atoms with Crippen molar-refractivity contribution < 1.29 is 0 Å². The molecule has 0 aliphatic carbocycles. The van der Waals surface area contributed by atoms with Crippen LogP contribution >= 0.6 is 11.6 Å². The lowest BCUT2D eigenvalue weighted by molar-refractivity contribution is 0.502. The summed E-state index contributed by atoms with van der Waals surface area (Å²) in [6, 6.07) is 0. The molecule has 0 aliphatic rings. The fourth-order valence-corrected chi connectivity index (χ4v) is 0.851. The molecule has 4 heteroatoms. The van der Waals surface area contributed by atoms with Gasteiger partial charge in [-0.05, 0) is 0 Å². The van der Waals surface area contributed by atoms with E-state index in [1.807, 2.05) is 13.8 Å². The van der Waals surface area contributed by atoms with Gasteiger partial charge in [0.05, 0.1) is 5.02 Å². The quantitative estimate of drug-likeness (QED) is 0.757. The van der Waals surface area contributed by atoms with Crippen molar-refractivity contribution in [3.05, 3.63) is 23.2 Å². The summed E-state index contributed by atoms with van der Waals surface area (Å²) >= 11 is 5.65. The SMILES string of the molecule is CC(C)(CN)c1ncc(Cl)cn1. The molecule has 1 rings (SSSR count). The van der Waals surface area contributed by atoms with Gasteiger partial charge in [-0.25, -0.2) is 9.97 Å². The van der Waals surface area contributed by atoms with Crippen LogP contribution in [0.5, 0.6) is 0 Å². The maximum Gasteiger partial charge on any atom is 0.135 e. The Bertz CT molecular complexity index is 256. The molecule has 0 spiro atoms. The van der Waals surface area contributed by atoms with Crippen molar-refractivity contribution in [3.8, 4) is 0 Å². The third kappa shape index (κ3) is 1.93. The van der Waals surface area contributed by atoms with Crippen LogP contribution in [-0.2, 0) is 5.41 Å². The van der Waals surface area contributed by atoms with Gasteiger partial charge in [-0.2, -0.15) is 0 Å². The van der Waals surface area contributed by atoms with Gasteiger partial charge in [-0.1, -0.05) is 25.4 Å². The second-order valence-corrected chi connectivity index (χ2v) is 3.75. The number of hydrogen-bond acceptors (Lipinski definition) is 3. The highest BCUT2D eigenvalue weighted by molar-refractivity contribution is 6.30. The molecule has 0 unspecified atom stereocenters. The van der Waals surface area contributed by atoms with Crippen LogP contribution in [-0.4, -0.2) is 16.5 Å². The molecule has 0 fully saturated rings. The van der Waals surface area contributed by atoms with Gasteiger partial charge in [0, 0.05) is 24.4 Å². The van der Waals surface area contributed by atoms with E-state index < -0.39 is 0 Å². The Morgan fingerprint density at radius 1 is 1.42 bits per heavy atom. The van der Waals surface area contributed by atoms with E-state index in [0.717, 1.165) is 5.82 Å². The first-order valence-corrected chi connectivity index (χ1v) is 4.12. The topological polar surface area (TPSA) is 51.8 Å². The molecule has 66 valence electrons. The number of nitrogens with two attached hydrogens (primary N) is 1. The average molecular weight is 186 g/mol. The third-order valence-electron chi connectivity index (χ3n) is 1.74. The molecular formula is C8H12ClN3. The van der Waals surface area contributed by atoms with Gasteiger partial charge >= 0.3 is 0 Å². The number of hydrogen-bond donors (Lipinski definition) is 1. The summed E-state index contributed by atoms with van der Waals surface area (Å²) in [5, 5.41) is 0.548. The van der Waals surface area contributed by atoms with Crippen LogP contribution in [0.3, 0.4) is 0 Å². The van der Waals surface area contributed by atoms with Crippen LogP contribution in [0.4, 0.5) is 0 Å². The van der Waals surface area contributed by atoms with Crippen molar-refractivity contribution in [3.63, 3.8) is 0 Å². The third-order valence-corrected chi connectivity index (χ3v) is 1.93. The first-order chi connectivity index (χ1) is 5.56. The summed E-state index contributed by atoms with van der Waals surface area (Å²) in [6.07, 6.45) is 3.17. The number of aromatic nitrogens is 2. The van der Waals surface area contributed by atoms with Crippen molar-refractivity contribution in [1.29, 1.82) is 0 Å². The first-order valence-electron chi connectivity index (χ1n) is 3.74. The monoisotopic (exact) mass is 185 g/mol. The fraction of sp³-hybridized carbons (Fsp3) is 0.500. The Balaban J connectivity index is 2.96. The van der Waals surface area contributed by atoms with Crippen LogP contribution < -0.4 is 5.73 Å². The highest BCUT2D eigenvalue weighted by Gasteiger charge is 2.21. The molecule has 12 heavy (non-hydrogen) atoms.